The summed E-state index contributed by atoms with van der Waals surface area (Å²) in [6.45, 7) is 6.87. The highest BCUT2D eigenvalue weighted by atomic mass is 28.3. The number of hydrogen-bond acceptors (Lipinski definition) is 3. The van der Waals surface area contributed by atoms with Gasteiger partial charge in [0.1, 0.15) is 5.75 Å². The summed E-state index contributed by atoms with van der Waals surface area (Å²) in [7, 11) is -0.753. The molecule has 99 valence electrons. The Kier molecular flexibility index (Phi) is 4.51. The number of nitrogens with zero attached hydrogens (tertiary/aromatic N) is 2. The molecule has 1 N–H and O–H groups in total. The fourth-order valence-corrected chi connectivity index (χ4v) is 2.34. The Morgan fingerprint density at radius 1 is 1.37 bits per heavy atom. The zero-order chi connectivity index (χ0) is 13.7. The van der Waals surface area contributed by atoms with Gasteiger partial charge in [0.05, 0.1) is 12.7 Å². The van der Waals surface area contributed by atoms with Crippen molar-refractivity contribution in [3.05, 3.63) is 47.8 Å². The molecule has 1 aromatic heterocycles. The third kappa shape index (κ3) is 3.79. The topological polar surface area (TPSA) is 50.3 Å². The molecule has 0 saturated heterocycles. The lowest BCUT2D eigenvalue weighted by molar-refractivity contribution is 0.571. The van der Waals surface area contributed by atoms with Crippen LogP contribution in [-0.4, -0.2) is 24.9 Å². The average Bonchev–Trinajstić information content (AvgIpc) is 2.90. The van der Waals surface area contributed by atoms with E-state index < -0.39 is 9.04 Å². The minimum atomic E-state index is -0.753. The predicted molar refractivity (Wildman–Crippen MR) is 79.1 cm³/mol. The van der Waals surface area contributed by atoms with Crippen LogP contribution in [0.1, 0.15) is 18.1 Å². The monoisotopic (exact) mass is 272 g/mol. The van der Waals surface area contributed by atoms with Crippen molar-refractivity contribution in [3.63, 3.8) is 0 Å². The van der Waals surface area contributed by atoms with Crippen LogP contribution in [0, 0.1) is 0 Å². The number of H-pyrrole nitrogens is 1. The molecule has 0 unspecified atom stereocenters. The van der Waals surface area contributed by atoms with Crippen LogP contribution < -0.4 is 4.43 Å². The van der Waals surface area contributed by atoms with Crippen molar-refractivity contribution >= 4 is 14.8 Å². The average molecular weight is 272 g/mol. The minimum Gasteiger partial charge on any atom is -0.542 e. The minimum absolute atomic E-state index is 0.627. The van der Waals surface area contributed by atoms with Gasteiger partial charge in [0.25, 0.3) is 9.04 Å². The lowest BCUT2D eigenvalue weighted by atomic mass is 10.2. The SMILES string of the molecule is CC(=NCc1ccccc1O[Si](C)C)c1cn[nH]c1. The molecule has 0 saturated carbocycles. The lowest BCUT2D eigenvalue weighted by Gasteiger charge is -2.12. The summed E-state index contributed by atoms with van der Waals surface area (Å²) < 4.78 is 5.88. The highest BCUT2D eigenvalue weighted by Gasteiger charge is 2.06. The molecule has 0 spiro atoms. The molecule has 2 rings (SSSR count). The number of rotatable bonds is 5. The second kappa shape index (κ2) is 6.33. The quantitative estimate of drug-likeness (QED) is 0.672. The molecule has 0 aliphatic heterocycles. The Morgan fingerprint density at radius 3 is 2.84 bits per heavy atom. The van der Waals surface area contributed by atoms with E-state index in [2.05, 4.69) is 34.4 Å². The Balaban J connectivity index is 2.13. The maximum absolute atomic E-state index is 5.88. The first kappa shape index (κ1) is 13.5. The number of aliphatic imine (C=N–C) groups is 1. The predicted octanol–water partition coefficient (Wildman–Crippen LogP) is 3.05. The molecule has 0 amide bonds. The smallest absolute Gasteiger partial charge is 0.274 e. The van der Waals surface area contributed by atoms with Gasteiger partial charge in [-0.1, -0.05) is 18.2 Å². The normalized spacial score (nSPS) is 11.9. The molecular weight excluding hydrogens is 254 g/mol. The van der Waals surface area contributed by atoms with Gasteiger partial charge in [-0.15, -0.1) is 0 Å². The van der Waals surface area contributed by atoms with Crippen molar-refractivity contribution in [3.8, 4) is 5.75 Å². The fourth-order valence-electron chi connectivity index (χ4n) is 1.70. The van der Waals surface area contributed by atoms with Crippen molar-refractivity contribution in [2.24, 2.45) is 4.99 Å². The van der Waals surface area contributed by atoms with E-state index in [1.807, 2.05) is 31.3 Å². The summed E-state index contributed by atoms with van der Waals surface area (Å²) in [5, 5.41) is 6.72. The van der Waals surface area contributed by atoms with Crippen molar-refractivity contribution in [1.82, 2.24) is 10.2 Å². The van der Waals surface area contributed by atoms with E-state index in [-0.39, 0.29) is 0 Å². The number of hydrogen-bond donors (Lipinski definition) is 1. The highest BCUT2D eigenvalue weighted by molar-refractivity contribution is 6.49. The highest BCUT2D eigenvalue weighted by Crippen LogP contribution is 2.20. The molecule has 0 fully saturated rings. The number of aromatic amines is 1. The molecule has 0 aliphatic carbocycles. The van der Waals surface area contributed by atoms with Gasteiger partial charge in [0, 0.05) is 23.0 Å². The molecule has 19 heavy (non-hydrogen) atoms. The van der Waals surface area contributed by atoms with Crippen LogP contribution in [-0.2, 0) is 6.54 Å². The standard InChI is InChI=1S/C14H18N3OSi/c1-11(13-9-16-17-10-13)15-8-12-6-4-5-7-14(12)18-19(2)3/h4-7,9-10H,8H2,1-3H3,(H,16,17). The summed E-state index contributed by atoms with van der Waals surface area (Å²) in [4.78, 5) is 4.59. The van der Waals surface area contributed by atoms with Gasteiger partial charge < -0.3 is 4.43 Å². The van der Waals surface area contributed by atoms with E-state index in [0.29, 0.717) is 6.54 Å². The van der Waals surface area contributed by atoms with Crippen LogP contribution in [0.15, 0.2) is 41.7 Å². The third-order valence-corrected chi connectivity index (χ3v) is 3.32. The first-order valence-corrected chi connectivity index (χ1v) is 8.64. The van der Waals surface area contributed by atoms with E-state index in [9.17, 15) is 0 Å². The maximum Gasteiger partial charge on any atom is 0.274 e. The van der Waals surface area contributed by atoms with Gasteiger partial charge >= 0.3 is 0 Å². The van der Waals surface area contributed by atoms with E-state index in [0.717, 1.165) is 22.6 Å². The second-order valence-electron chi connectivity index (χ2n) is 4.51. The largest absolute Gasteiger partial charge is 0.542 e. The van der Waals surface area contributed by atoms with Crippen LogP contribution in [0.25, 0.3) is 0 Å². The van der Waals surface area contributed by atoms with Gasteiger partial charge in [0.15, 0.2) is 0 Å². The van der Waals surface area contributed by atoms with E-state index in [4.69, 9.17) is 4.43 Å². The zero-order valence-electron chi connectivity index (χ0n) is 11.5. The van der Waals surface area contributed by atoms with Crippen molar-refractivity contribution in [2.45, 2.75) is 26.6 Å². The molecule has 0 atom stereocenters. The summed E-state index contributed by atoms with van der Waals surface area (Å²) in [6, 6.07) is 8.08. The van der Waals surface area contributed by atoms with Gasteiger partial charge in [-0.2, -0.15) is 5.10 Å². The van der Waals surface area contributed by atoms with Crippen molar-refractivity contribution in [1.29, 1.82) is 0 Å². The van der Waals surface area contributed by atoms with E-state index >= 15 is 0 Å². The Bertz CT molecular complexity index is 550. The first-order chi connectivity index (χ1) is 9.16. The van der Waals surface area contributed by atoms with Gasteiger partial charge in [-0.3, -0.25) is 10.1 Å². The number of aromatic nitrogens is 2. The summed E-state index contributed by atoms with van der Waals surface area (Å²) >= 11 is 0. The molecule has 1 radical (unpaired) electrons. The molecule has 4 nitrogen and oxygen atoms in total. The van der Waals surface area contributed by atoms with Crippen LogP contribution in [0.2, 0.25) is 13.1 Å². The van der Waals surface area contributed by atoms with Gasteiger partial charge in [0.2, 0.25) is 0 Å². The molecular formula is C14H18N3OSi. The van der Waals surface area contributed by atoms with Gasteiger partial charge in [-0.25, -0.2) is 0 Å². The van der Waals surface area contributed by atoms with E-state index in [1.54, 1.807) is 6.20 Å². The Morgan fingerprint density at radius 2 is 2.16 bits per heavy atom. The Labute approximate surface area is 115 Å². The molecule has 2 aromatic rings. The molecule has 1 aromatic carbocycles. The molecule has 0 aliphatic rings. The second-order valence-corrected chi connectivity index (χ2v) is 6.53. The zero-order valence-corrected chi connectivity index (χ0v) is 12.5. The molecule has 1 heterocycles. The summed E-state index contributed by atoms with van der Waals surface area (Å²) in [5.41, 5.74) is 3.12. The maximum atomic E-state index is 5.88. The van der Waals surface area contributed by atoms with Crippen LogP contribution in [0.5, 0.6) is 5.75 Å². The number of benzene rings is 1. The van der Waals surface area contributed by atoms with E-state index in [1.165, 1.54) is 0 Å². The summed E-state index contributed by atoms with van der Waals surface area (Å²) in [5.74, 6) is 0.949. The van der Waals surface area contributed by atoms with Crippen molar-refractivity contribution in [2.75, 3.05) is 0 Å². The Hall–Kier alpha value is -1.88. The summed E-state index contributed by atoms with van der Waals surface area (Å²) in [6.07, 6.45) is 3.63. The third-order valence-electron chi connectivity index (χ3n) is 2.69. The van der Waals surface area contributed by atoms with Gasteiger partial charge in [-0.05, 0) is 26.1 Å². The van der Waals surface area contributed by atoms with Crippen LogP contribution in [0.4, 0.5) is 0 Å². The lowest BCUT2D eigenvalue weighted by Crippen LogP contribution is -2.12. The van der Waals surface area contributed by atoms with Crippen LogP contribution >= 0.6 is 0 Å². The fraction of sp³-hybridized carbons (Fsp3) is 0.286. The van der Waals surface area contributed by atoms with Crippen molar-refractivity contribution < 1.29 is 4.43 Å². The number of para-hydroxylation sites is 1. The van der Waals surface area contributed by atoms with Crippen LogP contribution in [0.3, 0.4) is 0 Å². The molecule has 0 bridgehead atoms. The first-order valence-electron chi connectivity index (χ1n) is 6.23. The number of nitrogens with one attached hydrogen (secondary N) is 1. The molecule has 5 heteroatoms.